The summed E-state index contributed by atoms with van der Waals surface area (Å²) in [7, 11) is 0. The van der Waals surface area contributed by atoms with Crippen LogP contribution in [-0.2, 0) is 16.0 Å². The summed E-state index contributed by atoms with van der Waals surface area (Å²) in [6.07, 6.45) is 8.75. The van der Waals surface area contributed by atoms with Gasteiger partial charge in [0, 0.05) is 30.3 Å². The first-order valence-corrected chi connectivity index (χ1v) is 10.2. The molecule has 1 aromatic heterocycles. The maximum absolute atomic E-state index is 12.3. The Hall–Kier alpha value is -2.47. The Balaban J connectivity index is 1.53. The van der Waals surface area contributed by atoms with E-state index in [1.54, 1.807) is 0 Å². The highest BCUT2D eigenvalue weighted by atomic mass is 32.1. The lowest BCUT2D eigenvalue weighted by atomic mass is 9.94. The summed E-state index contributed by atoms with van der Waals surface area (Å²) in [5.41, 5.74) is 3.15. The summed E-state index contributed by atoms with van der Waals surface area (Å²) in [4.78, 5) is 27.8. The van der Waals surface area contributed by atoms with Crippen molar-refractivity contribution in [1.82, 2.24) is 10.3 Å². The zero-order valence-electron chi connectivity index (χ0n) is 15.5. The second-order valence-corrected chi connectivity index (χ2v) is 7.65. The first-order valence-electron chi connectivity index (χ1n) is 9.37. The minimum atomic E-state index is 0.0109. The molecule has 2 aromatic rings. The normalized spacial score (nSPS) is 16.1. The molecule has 142 valence electrons. The fourth-order valence-electron chi connectivity index (χ4n) is 3.10. The average Bonchev–Trinajstić information content (AvgIpc) is 3.15. The van der Waals surface area contributed by atoms with Crippen LogP contribution in [0.4, 0.5) is 5.13 Å². The van der Waals surface area contributed by atoms with Crippen molar-refractivity contribution in [2.24, 2.45) is 5.92 Å². The number of hydrogen-bond donors (Lipinski definition) is 2. The van der Waals surface area contributed by atoms with Crippen molar-refractivity contribution in [3.8, 4) is 11.3 Å². The molecule has 1 atom stereocenters. The number of nitrogens with zero attached hydrogens (tertiary/aromatic N) is 1. The fourth-order valence-corrected chi connectivity index (χ4v) is 3.82. The smallest absolute Gasteiger partial charge is 0.229 e. The van der Waals surface area contributed by atoms with Gasteiger partial charge < -0.3 is 10.6 Å². The molecular weight excluding hydrogens is 358 g/mol. The summed E-state index contributed by atoms with van der Waals surface area (Å²) in [6.45, 7) is 2.23. The number of anilines is 1. The van der Waals surface area contributed by atoms with Gasteiger partial charge in [0.15, 0.2) is 5.13 Å². The summed E-state index contributed by atoms with van der Waals surface area (Å²) in [6, 6.07) is 8.30. The topological polar surface area (TPSA) is 71.1 Å². The molecule has 1 aromatic carbocycles. The Morgan fingerprint density at radius 3 is 2.74 bits per heavy atom. The van der Waals surface area contributed by atoms with Gasteiger partial charge in [0.25, 0.3) is 0 Å². The molecule has 1 heterocycles. The van der Waals surface area contributed by atoms with Crippen LogP contribution in [0, 0.1) is 5.92 Å². The van der Waals surface area contributed by atoms with Crippen LogP contribution in [0.25, 0.3) is 11.3 Å². The monoisotopic (exact) mass is 383 g/mol. The highest BCUT2D eigenvalue weighted by Crippen LogP contribution is 2.27. The highest BCUT2D eigenvalue weighted by Gasteiger charge is 2.19. The van der Waals surface area contributed by atoms with Gasteiger partial charge in [0.05, 0.1) is 5.69 Å². The zero-order valence-corrected chi connectivity index (χ0v) is 16.3. The molecular formula is C21H25N3O2S. The van der Waals surface area contributed by atoms with Gasteiger partial charge in [-0.2, -0.15) is 0 Å². The van der Waals surface area contributed by atoms with Gasteiger partial charge in [0.1, 0.15) is 0 Å². The predicted molar refractivity (Wildman–Crippen MR) is 110 cm³/mol. The molecule has 1 aliphatic rings. The van der Waals surface area contributed by atoms with Gasteiger partial charge in [-0.25, -0.2) is 4.98 Å². The standard InChI is InChI=1S/C21H25N3O2S/c1-15(25)22-13-5-6-16-9-11-17(12-10-16)19-14-27-21(23-19)24-20(26)18-7-3-2-4-8-18/h2-3,9-12,14,18H,4-8,13H2,1H3,(H,22,25)(H,23,24,26). The van der Waals surface area contributed by atoms with Crippen LogP contribution in [0.1, 0.15) is 38.2 Å². The molecule has 0 radical (unpaired) electrons. The Morgan fingerprint density at radius 1 is 1.22 bits per heavy atom. The van der Waals surface area contributed by atoms with Crippen molar-refractivity contribution in [2.45, 2.75) is 39.0 Å². The van der Waals surface area contributed by atoms with Gasteiger partial charge in [-0.3, -0.25) is 9.59 Å². The van der Waals surface area contributed by atoms with E-state index < -0.39 is 0 Å². The van der Waals surface area contributed by atoms with Gasteiger partial charge in [-0.15, -0.1) is 11.3 Å². The van der Waals surface area contributed by atoms with Gasteiger partial charge >= 0.3 is 0 Å². The van der Waals surface area contributed by atoms with E-state index in [0.29, 0.717) is 11.7 Å². The number of allylic oxidation sites excluding steroid dienone is 2. The zero-order chi connectivity index (χ0) is 19.1. The van der Waals surface area contributed by atoms with E-state index in [9.17, 15) is 9.59 Å². The van der Waals surface area contributed by atoms with Gasteiger partial charge in [-0.1, -0.05) is 36.4 Å². The second kappa shape index (κ2) is 9.46. The SMILES string of the molecule is CC(=O)NCCCc1ccc(-c2csc(NC(=O)C3CC=CCC3)n2)cc1. The Bertz CT molecular complexity index is 811. The molecule has 0 bridgehead atoms. The van der Waals surface area contributed by atoms with E-state index in [-0.39, 0.29) is 17.7 Å². The van der Waals surface area contributed by atoms with Crippen LogP contribution in [0.2, 0.25) is 0 Å². The summed E-state index contributed by atoms with van der Waals surface area (Å²) in [5.74, 6) is 0.130. The maximum atomic E-state index is 12.3. The van der Waals surface area contributed by atoms with Crippen molar-refractivity contribution in [3.63, 3.8) is 0 Å². The lowest BCUT2D eigenvalue weighted by molar-refractivity contribution is -0.120. The molecule has 2 N–H and O–H groups in total. The number of aromatic nitrogens is 1. The number of carbonyl (C=O) groups is 2. The number of nitrogens with one attached hydrogen (secondary N) is 2. The van der Waals surface area contributed by atoms with E-state index in [4.69, 9.17) is 0 Å². The van der Waals surface area contributed by atoms with Gasteiger partial charge in [-0.05, 0) is 37.7 Å². The number of rotatable bonds is 7. The lowest BCUT2D eigenvalue weighted by Gasteiger charge is -2.15. The number of aryl methyl sites for hydroxylation is 1. The quantitative estimate of drug-likeness (QED) is 0.557. The predicted octanol–water partition coefficient (Wildman–Crippen LogP) is 4.17. The first kappa shape index (κ1) is 19.3. The minimum Gasteiger partial charge on any atom is -0.356 e. The van der Waals surface area contributed by atoms with E-state index in [2.05, 4.69) is 52.0 Å². The third kappa shape index (κ3) is 5.76. The molecule has 0 fully saturated rings. The summed E-state index contributed by atoms with van der Waals surface area (Å²) in [5, 5.41) is 8.40. The maximum Gasteiger partial charge on any atom is 0.229 e. The molecule has 1 aliphatic carbocycles. The van der Waals surface area contributed by atoms with Crippen LogP contribution < -0.4 is 10.6 Å². The highest BCUT2D eigenvalue weighted by molar-refractivity contribution is 7.14. The molecule has 6 heteroatoms. The third-order valence-corrected chi connectivity index (χ3v) is 5.40. The first-order chi connectivity index (χ1) is 13.1. The minimum absolute atomic E-state index is 0.0109. The number of thiazole rings is 1. The molecule has 0 aliphatic heterocycles. The van der Waals surface area contributed by atoms with E-state index in [1.165, 1.54) is 23.8 Å². The Kier molecular flexibility index (Phi) is 6.76. The molecule has 5 nitrogen and oxygen atoms in total. The molecule has 0 saturated carbocycles. The number of amides is 2. The lowest BCUT2D eigenvalue weighted by Crippen LogP contribution is -2.23. The number of benzene rings is 1. The van der Waals surface area contributed by atoms with Crippen LogP contribution in [0.3, 0.4) is 0 Å². The van der Waals surface area contributed by atoms with Crippen LogP contribution in [0.15, 0.2) is 41.8 Å². The molecule has 1 unspecified atom stereocenters. The van der Waals surface area contributed by atoms with E-state index in [0.717, 1.165) is 43.4 Å². The second-order valence-electron chi connectivity index (χ2n) is 6.79. The van der Waals surface area contributed by atoms with Gasteiger partial charge in [0.2, 0.25) is 11.8 Å². The van der Waals surface area contributed by atoms with E-state index >= 15 is 0 Å². The Morgan fingerprint density at radius 2 is 2.04 bits per heavy atom. The summed E-state index contributed by atoms with van der Waals surface area (Å²) < 4.78 is 0. The molecule has 0 spiro atoms. The third-order valence-electron chi connectivity index (χ3n) is 4.64. The van der Waals surface area contributed by atoms with E-state index in [1.807, 2.05) is 5.38 Å². The Labute approximate surface area is 163 Å². The summed E-state index contributed by atoms with van der Waals surface area (Å²) >= 11 is 1.46. The number of carbonyl (C=O) groups excluding carboxylic acids is 2. The van der Waals surface area contributed by atoms with Crippen molar-refractivity contribution in [1.29, 1.82) is 0 Å². The van der Waals surface area contributed by atoms with Crippen LogP contribution in [-0.4, -0.2) is 23.3 Å². The molecule has 27 heavy (non-hydrogen) atoms. The van der Waals surface area contributed by atoms with Crippen molar-refractivity contribution >= 4 is 28.3 Å². The average molecular weight is 384 g/mol. The molecule has 2 amide bonds. The van der Waals surface area contributed by atoms with Crippen LogP contribution in [0.5, 0.6) is 0 Å². The molecule has 0 saturated heterocycles. The van der Waals surface area contributed by atoms with Crippen molar-refractivity contribution < 1.29 is 9.59 Å². The van der Waals surface area contributed by atoms with Crippen LogP contribution >= 0.6 is 11.3 Å². The fraction of sp³-hybridized carbons (Fsp3) is 0.381. The van der Waals surface area contributed by atoms with Crippen molar-refractivity contribution in [2.75, 3.05) is 11.9 Å². The van der Waals surface area contributed by atoms with Crippen molar-refractivity contribution in [3.05, 3.63) is 47.4 Å². The largest absolute Gasteiger partial charge is 0.356 e. The molecule has 3 rings (SSSR count). The number of hydrogen-bond acceptors (Lipinski definition) is 4.